The van der Waals surface area contributed by atoms with Crippen molar-refractivity contribution in [3.63, 3.8) is 0 Å². The molecule has 0 radical (unpaired) electrons. The van der Waals surface area contributed by atoms with Crippen LogP contribution in [0.25, 0.3) is 0 Å². The highest BCUT2D eigenvalue weighted by molar-refractivity contribution is 7.09. The van der Waals surface area contributed by atoms with Crippen molar-refractivity contribution in [2.75, 3.05) is 0 Å². The van der Waals surface area contributed by atoms with E-state index in [1.165, 1.54) is 11.3 Å². The van der Waals surface area contributed by atoms with Gasteiger partial charge in [0.2, 0.25) is 0 Å². The third-order valence-corrected chi connectivity index (χ3v) is 2.56. The number of hydrogen-bond acceptors (Lipinski definition) is 2. The molecule has 0 spiro atoms. The second-order valence-corrected chi connectivity index (χ2v) is 3.13. The van der Waals surface area contributed by atoms with Crippen molar-refractivity contribution in [1.82, 2.24) is 4.98 Å². The molecule has 1 rings (SSSR count). The SMILES string of the molecule is CCC(C)c1cncs1. The summed E-state index contributed by atoms with van der Waals surface area (Å²) in [5, 5.41) is 0. The molecule has 1 aromatic rings. The van der Waals surface area contributed by atoms with Crippen molar-refractivity contribution in [3.8, 4) is 0 Å². The molecule has 0 saturated heterocycles. The van der Waals surface area contributed by atoms with Crippen LogP contribution in [0.15, 0.2) is 11.7 Å². The Kier molecular flexibility index (Phi) is 2.22. The monoisotopic (exact) mass is 141 g/mol. The number of nitrogens with zero attached hydrogens (tertiary/aromatic N) is 1. The van der Waals surface area contributed by atoms with Gasteiger partial charge >= 0.3 is 0 Å². The van der Waals surface area contributed by atoms with Gasteiger partial charge in [0, 0.05) is 11.1 Å². The normalized spacial score (nSPS) is 13.6. The molecule has 0 saturated carbocycles. The number of rotatable bonds is 2. The number of hydrogen-bond donors (Lipinski definition) is 0. The summed E-state index contributed by atoms with van der Waals surface area (Å²) in [6.07, 6.45) is 3.17. The summed E-state index contributed by atoms with van der Waals surface area (Å²) in [4.78, 5) is 5.41. The van der Waals surface area contributed by atoms with Gasteiger partial charge in [0.1, 0.15) is 0 Å². The highest BCUT2D eigenvalue weighted by Gasteiger charge is 2.01. The quantitative estimate of drug-likeness (QED) is 0.617. The standard InChI is InChI=1S/C7H11NS/c1-3-6(2)7-4-8-5-9-7/h4-6H,3H2,1-2H3. The lowest BCUT2D eigenvalue weighted by atomic mass is 10.1. The zero-order valence-corrected chi connectivity index (χ0v) is 6.61. The van der Waals surface area contributed by atoms with Crippen LogP contribution in [0.5, 0.6) is 0 Å². The van der Waals surface area contributed by atoms with Crippen molar-refractivity contribution in [2.45, 2.75) is 26.2 Å². The van der Waals surface area contributed by atoms with E-state index >= 15 is 0 Å². The lowest BCUT2D eigenvalue weighted by molar-refractivity contribution is 0.746. The first-order valence-electron chi connectivity index (χ1n) is 3.23. The first-order valence-corrected chi connectivity index (χ1v) is 4.11. The Labute approximate surface area is 59.8 Å². The molecule has 0 fully saturated rings. The van der Waals surface area contributed by atoms with E-state index in [0.29, 0.717) is 5.92 Å². The third-order valence-electron chi connectivity index (χ3n) is 1.55. The summed E-state index contributed by atoms with van der Waals surface area (Å²) in [7, 11) is 0. The Morgan fingerprint density at radius 3 is 3.00 bits per heavy atom. The molecule has 50 valence electrons. The minimum Gasteiger partial charge on any atom is -0.253 e. The minimum absolute atomic E-state index is 0.692. The molecule has 1 heterocycles. The van der Waals surface area contributed by atoms with E-state index in [1.807, 2.05) is 11.7 Å². The molecule has 0 aliphatic heterocycles. The van der Waals surface area contributed by atoms with Gasteiger partial charge in [-0.05, 0) is 12.3 Å². The number of thiazole rings is 1. The van der Waals surface area contributed by atoms with Crippen LogP contribution in [0.2, 0.25) is 0 Å². The van der Waals surface area contributed by atoms with Gasteiger partial charge in [-0.2, -0.15) is 0 Å². The molecule has 0 aliphatic rings. The Morgan fingerprint density at radius 2 is 2.56 bits per heavy atom. The molecule has 1 atom stereocenters. The third kappa shape index (κ3) is 1.52. The number of aromatic nitrogens is 1. The van der Waals surface area contributed by atoms with Crippen LogP contribution in [0.1, 0.15) is 31.1 Å². The van der Waals surface area contributed by atoms with E-state index in [9.17, 15) is 0 Å². The Morgan fingerprint density at radius 1 is 1.78 bits per heavy atom. The zero-order valence-electron chi connectivity index (χ0n) is 5.79. The van der Waals surface area contributed by atoms with E-state index in [1.54, 1.807) is 11.3 Å². The second kappa shape index (κ2) is 2.97. The van der Waals surface area contributed by atoms with Crippen LogP contribution < -0.4 is 0 Å². The van der Waals surface area contributed by atoms with Crippen molar-refractivity contribution in [1.29, 1.82) is 0 Å². The average molecular weight is 141 g/mol. The summed E-state index contributed by atoms with van der Waals surface area (Å²) in [5.74, 6) is 0.692. The van der Waals surface area contributed by atoms with Crippen molar-refractivity contribution < 1.29 is 0 Å². The first-order chi connectivity index (χ1) is 4.34. The second-order valence-electron chi connectivity index (χ2n) is 2.21. The maximum atomic E-state index is 4.01. The summed E-state index contributed by atoms with van der Waals surface area (Å²) < 4.78 is 0. The van der Waals surface area contributed by atoms with Crippen molar-refractivity contribution in [2.24, 2.45) is 0 Å². The predicted octanol–water partition coefficient (Wildman–Crippen LogP) is 2.66. The zero-order chi connectivity index (χ0) is 6.69. The van der Waals surface area contributed by atoms with E-state index in [2.05, 4.69) is 18.8 Å². The summed E-state index contributed by atoms with van der Waals surface area (Å²) >= 11 is 1.74. The van der Waals surface area contributed by atoms with Gasteiger partial charge in [-0.25, -0.2) is 0 Å². The molecule has 0 bridgehead atoms. The average Bonchev–Trinajstić information content (AvgIpc) is 2.37. The van der Waals surface area contributed by atoms with Gasteiger partial charge in [0.25, 0.3) is 0 Å². The highest BCUT2D eigenvalue weighted by Crippen LogP contribution is 2.21. The van der Waals surface area contributed by atoms with Crippen LogP contribution >= 0.6 is 11.3 Å². The molecule has 9 heavy (non-hydrogen) atoms. The molecule has 0 N–H and O–H groups in total. The van der Waals surface area contributed by atoms with Gasteiger partial charge in [0.15, 0.2) is 0 Å². The molecular weight excluding hydrogens is 130 g/mol. The minimum atomic E-state index is 0.692. The molecular formula is C7H11NS. The maximum Gasteiger partial charge on any atom is 0.0794 e. The Balaban J connectivity index is 2.65. The smallest absolute Gasteiger partial charge is 0.0794 e. The van der Waals surface area contributed by atoms with Crippen LogP contribution in [-0.4, -0.2) is 4.98 Å². The van der Waals surface area contributed by atoms with Gasteiger partial charge in [-0.3, -0.25) is 4.98 Å². The summed E-state index contributed by atoms with van der Waals surface area (Å²) in [5.41, 5.74) is 1.89. The maximum absolute atomic E-state index is 4.01. The molecule has 0 amide bonds. The Hall–Kier alpha value is -0.370. The molecule has 1 aromatic heterocycles. The van der Waals surface area contributed by atoms with E-state index in [-0.39, 0.29) is 0 Å². The van der Waals surface area contributed by atoms with Crippen molar-refractivity contribution >= 4 is 11.3 Å². The summed E-state index contributed by atoms with van der Waals surface area (Å²) in [6, 6.07) is 0. The summed E-state index contributed by atoms with van der Waals surface area (Å²) in [6.45, 7) is 4.43. The largest absolute Gasteiger partial charge is 0.253 e. The van der Waals surface area contributed by atoms with Gasteiger partial charge in [-0.15, -0.1) is 11.3 Å². The highest BCUT2D eigenvalue weighted by atomic mass is 32.1. The Bertz CT molecular complexity index is 157. The predicted molar refractivity (Wildman–Crippen MR) is 40.8 cm³/mol. The molecule has 0 aromatic carbocycles. The molecule has 0 aliphatic carbocycles. The fourth-order valence-corrected chi connectivity index (χ4v) is 1.43. The van der Waals surface area contributed by atoms with Crippen molar-refractivity contribution in [3.05, 3.63) is 16.6 Å². The fourth-order valence-electron chi connectivity index (χ4n) is 0.670. The van der Waals surface area contributed by atoms with Gasteiger partial charge in [0.05, 0.1) is 5.51 Å². The molecule has 1 nitrogen and oxygen atoms in total. The fraction of sp³-hybridized carbons (Fsp3) is 0.571. The molecule has 2 heteroatoms. The molecule has 1 unspecified atom stereocenters. The van der Waals surface area contributed by atoms with Gasteiger partial charge in [-0.1, -0.05) is 13.8 Å². The van der Waals surface area contributed by atoms with Crippen LogP contribution in [-0.2, 0) is 0 Å². The van der Waals surface area contributed by atoms with Crippen LogP contribution in [0, 0.1) is 0 Å². The first kappa shape index (κ1) is 6.75. The van der Waals surface area contributed by atoms with E-state index in [0.717, 1.165) is 0 Å². The van der Waals surface area contributed by atoms with Crippen LogP contribution in [0.3, 0.4) is 0 Å². The lowest BCUT2D eigenvalue weighted by Gasteiger charge is -2.01. The topological polar surface area (TPSA) is 12.9 Å². The van der Waals surface area contributed by atoms with E-state index in [4.69, 9.17) is 0 Å². The van der Waals surface area contributed by atoms with Gasteiger partial charge < -0.3 is 0 Å². The van der Waals surface area contributed by atoms with E-state index < -0.39 is 0 Å². The lowest BCUT2D eigenvalue weighted by Crippen LogP contribution is -1.84. The van der Waals surface area contributed by atoms with Crippen LogP contribution in [0.4, 0.5) is 0 Å².